The first-order chi connectivity index (χ1) is 8.06. The van der Waals surface area contributed by atoms with Gasteiger partial charge in [-0.05, 0) is 19.1 Å². The number of hydrogen-bond acceptors (Lipinski definition) is 4. The third-order valence-electron chi connectivity index (χ3n) is 1.79. The normalized spacial score (nSPS) is 9.82. The van der Waals surface area contributed by atoms with Crippen molar-refractivity contribution in [1.29, 1.82) is 0 Å². The summed E-state index contributed by atoms with van der Waals surface area (Å²) in [6.07, 6.45) is 0. The highest BCUT2D eigenvalue weighted by Gasteiger charge is 2.17. The zero-order chi connectivity index (χ0) is 12.8. The molecule has 0 aromatic heterocycles. The average molecular weight is 277 g/mol. The summed E-state index contributed by atoms with van der Waals surface area (Å²) in [5.74, 6) is -1.38. The minimum atomic E-state index is -0.756. The number of carbonyl (C=O) groups is 2. The van der Waals surface area contributed by atoms with Crippen LogP contribution in [0.4, 0.5) is 0 Å². The molecule has 0 radical (unpaired) electrons. The molecular weight excluding hydrogens is 267 g/mol. The van der Waals surface area contributed by atoms with Gasteiger partial charge in [0, 0.05) is 0 Å². The van der Waals surface area contributed by atoms with Crippen LogP contribution in [0.3, 0.4) is 0 Å². The van der Waals surface area contributed by atoms with E-state index in [0.29, 0.717) is 0 Å². The van der Waals surface area contributed by atoms with Gasteiger partial charge in [-0.1, -0.05) is 29.3 Å². The standard InChI is InChI=1S/C11H10Cl2O4/c1-2-16-9(14)6-17-11(15)10-7(12)4-3-5-8(10)13/h3-5H,2,6H2,1H3. The van der Waals surface area contributed by atoms with Crippen LogP contribution in [0.1, 0.15) is 17.3 Å². The smallest absolute Gasteiger partial charge is 0.344 e. The number of esters is 2. The molecule has 0 amide bonds. The highest BCUT2D eigenvalue weighted by Crippen LogP contribution is 2.24. The first-order valence-corrected chi connectivity index (χ1v) is 5.58. The summed E-state index contributed by atoms with van der Waals surface area (Å²) in [5.41, 5.74) is 0.0418. The minimum Gasteiger partial charge on any atom is -0.463 e. The van der Waals surface area contributed by atoms with Crippen molar-refractivity contribution in [2.75, 3.05) is 13.2 Å². The second-order valence-corrected chi connectivity index (χ2v) is 3.79. The quantitative estimate of drug-likeness (QED) is 0.794. The van der Waals surface area contributed by atoms with Crippen molar-refractivity contribution in [3.05, 3.63) is 33.8 Å². The fraction of sp³-hybridized carbons (Fsp3) is 0.273. The number of benzene rings is 1. The largest absolute Gasteiger partial charge is 0.463 e. The van der Waals surface area contributed by atoms with Crippen LogP contribution >= 0.6 is 23.2 Å². The molecule has 1 aromatic rings. The number of rotatable bonds is 4. The van der Waals surface area contributed by atoms with Gasteiger partial charge in [0.15, 0.2) is 6.61 Å². The molecule has 0 spiro atoms. The van der Waals surface area contributed by atoms with E-state index in [1.54, 1.807) is 13.0 Å². The van der Waals surface area contributed by atoms with Crippen LogP contribution in [0, 0.1) is 0 Å². The summed E-state index contributed by atoms with van der Waals surface area (Å²) in [5, 5.41) is 0.345. The predicted molar refractivity (Wildman–Crippen MR) is 63.4 cm³/mol. The molecule has 0 saturated heterocycles. The summed E-state index contributed by atoms with van der Waals surface area (Å²) in [7, 11) is 0. The van der Waals surface area contributed by atoms with E-state index < -0.39 is 18.5 Å². The molecular formula is C11H10Cl2O4. The molecule has 0 aliphatic carbocycles. The van der Waals surface area contributed by atoms with Gasteiger partial charge in [-0.25, -0.2) is 9.59 Å². The van der Waals surface area contributed by atoms with Crippen molar-refractivity contribution in [2.45, 2.75) is 6.92 Å². The first-order valence-electron chi connectivity index (χ1n) is 4.83. The first kappa shape index (κ1) is 13.8. The Kier molecular flexibility index (Phi) is 5.25. The number of ether oxygens (including phenoxy) is 2. The van der Waals surface area contributed by atoms with E-state index in [1.165, 1.54) is 12.1 Å². The molecule has 0 atom stereocenters. The summed E-state index contributed by atoms with van der Waals surface area (Å²) < 4.78 is 9.33. The van der Waals surface area contributed by atoms with Gasteiger partial charge in [0.25, 0.3) is 0 Å². The topological polar surface area (TPSA) is 52.6 Å². The average Bonchev–Trinajstić information content (AvgIpc) is 2.26. The Morgan fingerprint density at radius 1 is 1.18 bits per heavy atom. The lowest BCUT2D eigenvalue weighted by atomic mass is 10.2. The lowest BCUT2D eigenvalue weighted by Gasteiger charge is -2.07. The second kappa shape index (κ2) is 6.47. The van der Waals surface area contributed by atoms with Gasteiger partial charge in [0.2, 0.25) is 0 Å². The molecule has 0 saturated carbocycles. The van der Waals surface area contributed by atoms with E-state index in [9.17, 15) is 9.59 Å². The van der Waals surface area contributed by atoms with E-state index in [2.05, 4.69) is 4.74 Å². The van der Waals surface area contributed by atoms with Crippen molar-refractivity contribution < 1.29 is 19.1 Å². The zero-order valence-corrected chi connectivity index (χ0v) is 10.5. The van der Waals surface area contributed by atoms with Crippen molar-refractivity contribution in [2.24, 2.45) is 0 Å². The predicted octanol–water partition coefficient (Wildman–Crippen LogP) is 2.71. The molecule has 0 unspecified atom stereocenters. The van der Waals surface area contributed by atoms with Crippen molar-refractivity contribution in [3.63, 3.8) is 0 Å². The Bertz CT molecular complexity index is 411. The van der Waals surface area contributed by atoms with Crippen molar-refractivity contribution in [3.8, 4) is 0 Å². The van der Waals surface area contributed by atoms with Gasteiger partial charge >= 0.3 is 11.9 Å². The summed E-state index contributed by atoms with van der Waals surface area (Å²) in [4.78, 5) is 22.6. The van der Waals surface area contributed by atoms with E-state index in [-0.39, 0.29) is 22.2 Å². The molecule has 0 aliphatic heterocycles. The Hall–Kier alpha value is -1.26. The molecule has 1 aromatic carbocycles. The SMILES string of the molecule is CCOC(=O)COC(=O)c1c(Cl)cccc1Cl. The van der Waals surface area contributed by atoms with E-state index in [0.717, 1.165) is 0 Å². The van der Waals surface area contributed by atoms with Crippen molar-refractivity contribution in [1.82, 2.24) is 0 Å². The van der Waals surface area contributed by atoms with Crippen LogP contribution in [0.15, 0.2) is 18.2 Å². The van der Waals surface area contributed by atoms with Gasteiger partial charge < -0.3 is 9.47 Å². The lowest BCUT2D eigenvalue weighted by molar-refractivity contribution is -0.146. The second-order valence-electron chi connectivity index (χ2n) is 2.98. The molecule has 4 nitrogen and oxygen atoms in total. The highest BCUT2D eigenvalue weighted by atomic mass is 35.5. The van der Waals surface area contributed by atoms with Crippen molar-refractivity contribution >= 4 is 35.1 Å². The van der Waals surface area contributed by atoms with E-state index >= 15 is 0 Å². The van der Waals surface area contributed by atoms with Crippen LogP contribution in [-0.4, -0.2) is 25.2 Å². The molecule has 0 aliphatic rings. The third kappa shape index (κ3) is 3.91. The summed E-state index contributed by atoms with van der Waals surface area (Å²) >= 11 is 11.6. The number of carbonyl (C=O) groups excluding carboxylic acids is 2. The maximum Gasteiger partial charge on any atom is 0.344 e. The number of halogens is 2. The van der Waals surface area contributed by atoms with Crippen LogP contribution < -0.4 is 0 Å². The molecule has 1 rings (SSSR count). The lowest BCUT2D eigenvalue weighted by Crippen LogP contribution is -2.16. The third-order valence-corrected chi connectivity index (χ3v) is 2.42. The molecule has 92 valence electrons. The summed E-state index contributed by atoms with van der Waals surface area (Å²) in [6, 6.07) is 4.62. The molecule has 0 N–H and O–H groups in total. The highest BCUT2D eigenvalue weighted by molar-refractivity contribution is 6.39. The molecule has 6 heteroatoms. The van der Waals surface area contributed by atoms with Gasteiger partial charge in [0.05, 0.1) is 22.2 Å². The van der Waals surface area contributed by atoms with Gasteiger partial charge in [-0.3, -0.25) is 0 Å². The van der Waals surface area contributed by atoms with Gasteiger partial charge in [-0.15, -0.1) is 0 Å². The molecule has 17 heavy (non-hydrogen) atoms. The Morgan fingerprint density at radius 2 is 1.76 bits per heavy atom. The van der Waals surface area contributed by atoms with Crippen LogP contribution in [0.2, 0.25) is 10.0 Å². The van der Waals surface area contributed by atoms with Crippen LogP contribution in [0.5, 0.6) is 0 Å². The Labute approximate surface area is 108 Å². The minimum absolute atomic E-state index is 0.0418. The number of hydrogen-bond donors (Lipinski definition) is 0. The Morgan fingerprint density at radius 3 is 2.29 bits per heavy atom. The fourth-order valence-electron chi connectivity index (χ4n) is 1.09. The maximum absolute atomic E-state index is 11.6. The summed E-state index contributed by atoms with van der Waals surface area (Å²) in [6.45, 7) is 1.42. The van der Waals surface area contributed by atoms with Crippen LogP contribution in [-0.2, 0) is 14.3 Å². The van der Waals surface area contributed by atoms with E-state index in [4.69, 9.17) is 27.9 Å². The maximum atomic E-state index is 11.6. The molecule has 0 heterocycles. The van der Waals surface area contributed by atoms with Crippen LogP contribution in [0.25, 0.3) is 0 Å². The fourth-order valence-corrected chi connectivity index (χ4v) is 1.64. The Balaban J connectivity index is 2.68. The molecule has 0 fully saturated rings. The molecule has 0 bridgehead atoms. The monoisotopic (exact) mass is 276 g/mol. The van der Waals surface area contributed by atoms with E-state index in [1.807, 2.05) is 0 Å². The van der Waals surface area contributed by atoms with Gasteiger partial charge in [-0.2, -0.15) is 0 Å². The van der Waals surface area contributed by atoms with Gasteiger partial charge in [0.1, 0.15) is 0 Å². The zero-order valence-electron chi connectivity index (χ0n) is 9.04.